The zero-order valence-corrected chi connectivity index (χ0v) is 18.6. The number of carbonyl (C=O) groups excluding carboxylic acids is 2. The van der Waals surface area contributed by atoms with Crippen LogP contribution in [0, 0.1) is 5.92 Å². The molecule has 2 heterocycles. The fourth-order valence-electron chi connectivity index (χ4n) is 4.57. The maximum atomic E-state index is 12.8. The van der Waals surface area contributed by atoms with E-state index < -0.39 is 0 Å². The number of amides is 2. The number of likely N-dealkylation sites (tertiary alicyclic amines) is 1. The van der Waals surface area contributed by atoms with E-state index in [1.807, 2.05) is 18.2 Å². The lowest BCUT2D eigenvalue weighted by atomic mass is 10.0. The van der Waals surface area contributed by atoms with E-state index in [1.165, 1.54) is 11.1 Å². The lowest BCUT2D eigenvalue weighted by molar-refractivity contribution is -0.127. The zero-order chi connectivity index (χ0) is 21.8. The Kier molecular flexibility index (Phi) is 6.71. The maximum Gasteiger partial charge on any atom is 0.227 e. The molecule has 31 heavy (non-hydrogen) atoms. The lowest BCUT2D eigenvalue weighted by Crippen LogP contribution is -2.46. The van der Waals surface area contributed by atoms with Gasteiger partial charge in [-0.1, -0.05) is 56.3 Å². The Balaban J connectivity index is 1.26. The molecule has 2 fully saturated rings. The van der Waals surface area contributed by atoms with E-state index >= 15 is 0 Å². The predicted molar refractivity (Wildman–Crippen MR) is 124 cm³/mol. The van der Waals surface area contributed by atoms with E-state index in [4.69, 9.17) is 0 Å². The molecule has 0 aromatic heterocycles. The molecule has 0 radical (unpaired) electrons. The first-order chi connectivity index (χ1) is 15.0. The second-order valence-electron chi connectivity index (χ2n) is 9.20. The van der Waals surface area contributed by atoms with E-state index in [2.05, 4.69) is 60.5 Å². The summed E-state index contributed by atoms with van der Waals surface area (Å²) in [6.07, 6.45) is 2.21. The van der Waals surface area contributed by atoms with Crippen LogP contribution < -0.4 is 10.2 Å². The van der Waals surface area contributed by atoms with Gasteiger partial charge in [-0.15, -0.1) is 0 Å². The van der Waals surface area contributed by atoms with Gasteiger partial charge < -0.3 is 10.2 Å². The number of carbonyl (C=O) groups is 2. The van der Waals surface area contributed by atoms with Crippen LogP contribution >= 0.6 is 0 Å². The van der Waals surface area contributed by atoms with E-state index in [-0.39, 0.29) is 23.8 Å². The molecule has 2 aliphatic heterocycles. The van der Waals surface area contributed by atoms with Crippen molar-refractivity contribution in [2.45, 2.75) is 51.6 Å². The van der Waals surface area contributed by atoms with Crippen molar-refractivity contribution in [3.05, 3.63) is 65.7 Å². The molecule has 0 unspecified atom stereocenters. The van der Waals surface area contributed by atoms with Crippen molar-refractivity contribution in [3.63, 3.8) is 0 Å². The maximum absolute atomic E-state index is 12.8. The Labute approximate surface area is 185 Å². The fourth-order valence-corrected chi connectivity index (χ4v) is 4.57. The summed E-state index contributed by atoms with van der Waals surface area (Å²) in [5, 5.41) is 3.22. The van der Waals surface area contributed by atoms with Gasteiger partial charge in [-0.05, 0) is 42.0 Å². The third-order valence-corrected chi connectivity index (χ3v) is 6.55. The third-order valence-electron chi connectivity index (χ3n) is 6.55. The zero-order valence-electron chi connectivity index (χ0n) is 18.6. The molecule has 0 aliphatic carbocycles. The number of nitrogens with one attached hydrogen (secondary N) is 1. The van der Waals surface area contributed by atoms with Gasteiger partial charge in [-0.25, -0.2) is 0 Å². The summed E-state index contributed by atoms with van der Waals surface area (Å²) < 4.78 is 0. The number of hydrogen-bond acceptors (Lipinski definition) is 3. The number of anilines is 1. The SMILES string of the molecule is CC(C)c1ccc(N2C[C@H](C(=O)NC3CCN(Cc4ccccc4)CC3)CC2=O)cc1. The van der Waals surface area contributed by atoms with E-state index in [1.54, 1.807) is 4.90 Å². The minimum absolute atomic E-state index is 0.0242. The van der Waals surface area contributed by atoms with E-state index in [9.17, 15) is 9.59 Å². The van der Waals surface area contributed by atoms with Crippen molar-refractivity contribution < 1.29 is 9.59 Å². The second-order valence-corrected chi connectivity index (χ2v) is 9.20. The van der Waals surface area contributed by atoms with Crippen molar-refractivity contribution in [2.75, 3.05) is 24.5 Å². The highest BCUT2D eigenvalue weighted by Crippen LogP contribution is 2.27. The van der Waals surface area contributed by atoms with E-state index in [0.29, 0.717) is 18.9 Å². The Morgan fingerprint density at radius 1 is 1.03 bits per heavy atom. The summed E-state index contributed by atoms with van der Waals surface area (Å²) >= 11 is 0. The summed E-state index contributed by atoms with van der Waals surface area (Å²) in [6.45, 7) is 7.71. The quantitative estimate of drug-likeness (QED) is 0.772. The average Bonchev–Trinajstić information content (AvgIpc) is 3.18. The highest BCUT2D eigenvalue weighted by atomic mass is 16.2. The van der Waals surface area contributed by atoms with E-state index in [0.717, 1.165) is 38.2 Å². The first-order valence-electron chi connectivity index (χ1n) is 11.5. The highest BCUT2D eigenvalue weighted by molar-refractivity contribution is 6.00. The summed E-state index contributed by atoms with van der Waals surface area (Å²) in [5.74, 6) is 0.256. The molecule has 5 heteroatoms. The number of hydrogen-bond donors (Lipinski definition) is 1. The first kappa shape index (κ1) is 21.6. The number of benzene rings is 2. The van der Waals surface area contributed by atoms with Gasteiger partial charge in [0.15, 0.2) is 0 Å². The predicted octanol–water partition coefficient (Wildman–Crippen LogP) is 3.94. The first-order valence-corrected chi connectivity index (χ1v) is 11.5. The molecule has 0 spiro atoms. The van der Waals surface area contributed by atoms with Crippen molar-refractivity contribution in [2.24, 2.45) is 5.92 Å². The largest absolute Gasteiger partial charge is 0.353 e. The molecule has 4 rings (SSSR count). The molecule has 2 saturated heterocycles. The molecular weight excluding hydrogens is 386 g/mol. The minimum Gasteiger partial charge on any atom is -0.353 e. The van der Waals surface area contributed by atoms with Gasteiger partial charge in [0.2, 0.25) is 11.8 Å². The molecule has 2 aromatic rings. The van der Waals surface area contributed by atoms with Crippen molar-refractivity contribution in [1.82, 2.24) is 10.2 Å². The second kappa shape index (κ2) is 9.65. The highest BCUT2D eigenvalue weighted by Gasteiger charge is 2.36. The van der Waals surface area contributed by atoms with Crippen LogP contribution in [0.15, 0.2) is 54.6 Å². The van der Waals surface area contributed by atoms with Crippen LogP contribution in [0.2, 0.25) is 0 Å². The summed E-state index contributed by atoms with van der Waals surface area (Å²) in [6, 6.07) is 18.9. The molecule has 0 saturated carbocycles. The van der Waals surface area contributed by atoms with Gasteiger partial charge in [0.1, 0.15) is 0 Å². The van der Waals surface area contributed by atoms with Gasteiger partial charge in [-0.2, -0.15) is 0 Å². The lowest BCUT2D eigenvalue weighted by Gasteiger charge is -2.32. The van der Waals surface area contributed by atoms with Crippen LogP contribution in [0.5, 0.6) is 0 Å². The smallest absolute Gasteiger partial charge is 0.227 e. The third kappa shape index (κ3) is 5.34. The minimum atomic E-state index is -0.264. The normalized spacial score (nSPS) is 20.4. The Morgan fingerprint density at radius 3 is 2.35 bits per heavy atom. The standard InChI is InChI=1S/C26H33N3O2/c1-19(2)21-8-10-24(11-9-21)29-18-22(16-25(29)30)26(31)27-23-12-14-28(15-13-23)17-20-6-4-3-5-7-20/h3-11,19,22-23H,12-18H2,1-2H3,(H,27,31)/t22-/m1/s1. The van der Waals surface area contributed by atoms with Crippen LogP contribution in [-0.4, -0.2) is 42.4 Å². The number of nitrogens with zero attached hydrogens (tertiary/aromatic N) is 2. The van der Waals surface area contributed by atoms with Crippen LogP contribution in [0.3, 0.4) is 0 Å². The molecule has 2 amide bonds. The van der Waals surface area contributed by atoms with Crippen molar-refractivity contribution in [3.8, 4) is 0 Å². The molecular formula is C26H33N3O2. The molecule has 1 N–H and O–H groups in total. The summed E-state index contributed by atoms with van der Waals surface area (Å²) in [4.78, 5) is 29.6. The van der Waals surface area contributed by atoms with Crippen LogP contribution in [0.25, 0.3) is 0 Å². The molecule has 2 aliphatic rings. The monoisotopic (exact) mass is 419 g/mol. The number of rotatable bonds is 6. The molecule has 0 bridgehead atoms. The van der Waals surface area contributed by atoms with Crippen LogP contribution in [-0.2, 0) is 16.1 Å². The Bertz CT molecular complexity index is 887. The average molecular weight is 420 g/mol. The van der Waals surface area contributed by atoms with Gasteiger partial charge in [0, 0.05) is 44.3 Å². The topological polar surface area (TPSA) is 52.7 Å². The van der Waals surface area contributed by atoms with Crippen molar-refractivity contribution in [1.29, 1.82) is 0 Å². The van der Waals surface area contributed by atoms with Gasteiger partial charge in [-0.3, -0.25) is 14.5 Å². The Morgan fingerprint density at radius 2 is 1.71 bits per heavy atom. The van der Waals surface area contributed by atoms with Crippen LogP contribution in [0.4, 0.5) is 5.69 Å². The van der Waals surface area contributed by atoms with Crippen molar-refractivity contribution >= 4 is 17.5 Å². The van der Waals surface area contributed by atoms with Gasteiger partial charge >= 0.3 is 0 Å². The van der Waals surface area contributed by atoms with Gasteiger partial charge in [0.05, 0.1) is 5.92 Å². The molecule has 2 aromatic carbocycles. The summed E-state index contributed by atoms with van der Waals surface area (Å²) in [7, 11) is 0. The van der Waals surface area contributed by atoms with Gasteiger partial charge in [0.25, 0.3) is 0 Å². The summed E-state index contributed by atoms with van der Waals surface area (Å²) in [5.41, 5.74) is 3.47. The molecule has 164 valence electrons. The molecule has 5 nitrogen and oxygen atoms in total. The molecule has 1 atom stereocenters. The number of piperidine rings is 1. The Hall–Kier alpha value is -2.66. The fraction of sp³-hybridized carbons (Fsp3) is 0.462. The van der Waals surface area contributed by atoms with Crippen LogP contribution in [0.1, 0.15) is 50.2 Å².